The van der Waals surface area contributed by atoms with E-state index in [1.807, 2.05) is 19.9 Å². The zero-order chi connectivity index (χ0) is 14.6. The zero-order valence-corrected chi connectivity index (χ0v) is 11.5. The number of nitrogens with zero attached hydrogens (tertiary/aromatic N) is 1. The molecule has 0 spiro atoms. The quantitative estimate of drug-likeness (QED) is 0.881. The van der Waals surface area contributed by atoms with E-state index < -0.39 is 11.4 Å². The van der Waals surface area contributed by atoms with Crippen molar-refractivity contribution in [2.45, 2.75) is 25.7 Å². The molecule has 5 heteroatoms. The Balaban J connectivity index is 3.39. The number of carboxylic acids is 1. The minimum Gasteiger partial charge on any atom is -0.493 e. The lowest BCUT2D eigenvalue weighted by Gasteiger charge is -2.24. The van der Waals surface area contributed by atoms with Gasteiger partial charge in [0.05, 0.1) is 26.2 Å². The largest absolute Gasteiger partial charge is 0.493 e. The average molecular weight is 263 g/mol. The molecular weight excluding hydrogens is 246 g/mol. The van der Waals surface area contributed by atoms with Crippen LogP contribution in [-0.2, 0) is 10.2 Å². The van der Waals surface area contributed by atoms with Gasteiger partial charge in [0.1, 0.15) is 6.07 Å². The minimum absolute atomic E-state index is 0.0344. The van der Waals surface area contributed by atoms with Gasteiger partial charge in [0.2, 0.25) is 0 Å². The van der Waals surface area contributed by atoms with Crippen LogP contribution in [0.3, 0.4) is 0 Å². The van der Waals surface area contributed by atoms with Gasteiger partial charge >= 0.3 is 5.97 Å². The van der Waals surface area contributed by atoms with Crippen molar-refractivity contribution < 1.29 is 19.4 Å². The summed E-state index contributed by atoms with van der Waals surface area (Å²) in [6.07, 6.45) is -0.0344. The maximum atomic E-state index is 10.9. The third-order valence-corrected chi connectivity index (χ3v) is 2.97. The molecule has 0 saturated heterocycles. The molecule has 1 aromatic rings. The van der Waals surface area contributed by atoms with Gasteiger partial charge in [-0.2, -0.15) is 5.26 Å². The Labute approximate surface area is 112 Å². The zero-order valence-electron chi connectivity index (χ0n) is 11.5. The van der Waals surface area contributed by atoms with Crippen LogP contribution in [0.15, 0.2) is 12.1 Å². The highest BCUT2D eigenvalue weighted by atomic mass is 16.5. The Hall–Kier alpha value is -2.22. The van der Waals surface area contributed by atoms with E-state index >= 15 is 0 Å². The number of rotatable bonds is 5. The van der Waals surface area contributed by atoms with E-state index in [9.17, 15) is 4.79 Å². The van der Waals surface area contributed by atoms with Gasteiger partial charge in [-0.05, 0) is 17.7 Å². The second-order valence-electron chi connectivity index (χ2n) is 4.83. The number of hydrogen-bond acceptors (Lipinski definition) is 4. The molecule has 5 nitrogen and oxygen atoms in total. The predicted molar refractivity (Wildman–Crippen MR) is 69.5 cm³/mol. The highest BCUT2D eigenvalue weighted by molar-refractivity contribution is 5.69. The summed E-state index contributed by atoms with van der Waals surface area (Å²) in [5.74, 6) is -0.104. The molecule has 102 valence electrons. The van der Waals surface area contributed by atoms with E-state index in [4.69, 9.17) is 19.8 Å². The first-order chi connectivity index (χ1) is 8.85. The molecule has 0 heterocycles. The molecule has 0 aliphatic carbocycles. The Morgan fingerprint density at radius 2 is 2.00 bits per heavy atom. The first-order valence-electron chi connectivity index (χ1n) is 5.74. The summed E-state index contributed by atoms with van der Waals surface area (Å²) in [6.45, 7) is 3.62. The van der Waals surface area contributed by atoms with Crippen LogP contribution >= 0.6 is 0 Å². The van der Waals surface area contributed by atoms with E-state index in [2.05, 4.69) is 0 Å². The number of carbonyl (C=O) groups is 1. The van der Waals surface area contributed by atoms with Crippen molar-refractivity contribution in [3.8, 4) is 17.6 Å². The standard InChI is InChI=1S/C14H17NO4/c1-14(2,7-12(16)17)10-5-9(8-15)13(19-4)11(6-10)18-3/h5-6H,7H2,1-4H3,(H,16,17). The fourth-order valence-corrected chi connectivity index (χ4v) is 1.92. The van der Waals surface area contributed by atoms with Crippen molar-refractivity contribution in [2.75, 3.05) is 14.2 Å². The van der Waals surface area contributed by atoms with Crippen molar-refractivity contribution in [3.63, 3.8) is 0 Å². The summed E-state index contributed by atoms with van der Waals surface area (Å²) in [6, 6.07) is 5.39. The molecule has 1 aromatic carbocycles. The van der Waals surface area contributed by atoms with Crippen LogP contribution in [-0.4, -0.2) is 25.3 Å². The lowest BCUT2D eigenvalue weighted by molar-refractivity contribution is -0.138. The molecule has 1 N–H and O–H groups in total. The maximum Gasteiger partial charge on any atom is 0.304 e. The normalized spacial score (nSPS) is 10.7. The van der Waals surface area contributed by atoms with E-state index in [1.165, 1.54) is 14.2 Å². The van der Waals surface area contributed by atoms with Crippen molar-refractivity contribution in [1.29, 1.82) is 5.26 Å². The van der Waals surface area contributed by atoms with Crippen molar-refractivity contribution in [1.82, 2.24) is 0 Å². The summed E-state index contributed by atoms with van der Waals surface area (Å²) in [5, 5.41) is 18.1. The number of carboxylic acid groups (broad SMARTS) is 1. The van der Waals surface area contributed by atoms with Gasteiger partial charge in [0, 0.05) is 5.41 Å². The summed E-state index contributed by atoms with van der Waals surface area (Å²) >= 11 is 0. The Morgan fingerprint density at radius 3 is 2.42 bits per heavy atom. The lowest BCUT2D eigenvalue weighted by atomic mass is 9.81. The van der Waals surface area contributed by atoms with E-state index in [-0.39, 0.29) is 6.42 Å². The first-order valence-corrected chi connectivity index (χ1v) is 5.74. The molecule has 0 unspecified atom stereocenters. The van der Waals surface area contributed by atoms with Gasteiger partial charge in [-0.1, -0.05) is 13.8 Å². The molecule has 0 fully saturated rings. The van der Waals surface area contributed by atoms with Gasteiger partial charge in [-0.3, -0.25) is 4.79 Å². The maximum absolute atomic E-state index is 10.9. The number of nitriles is 1. The van der Waals surface area contributed by atoms with Gasteiger partial charge in [0.15, 0.2) is 11.5 Å². The van der Waals surface area contributed by atoms with Crippen LogP contribution in [0.1, 0.15) is 31.4 Å². The summed E-state index contributed by atoms with van der Waals surface area (Å²) in [4.78, 5) is 10.9. The predicted octanol–water partition coefficient (Wildman–Crippen LogP) is 2.33. The van der Waals surface area contributed by atoms with Crippen LogP contribution in [0, 0.1) is 11.3 Å². The fraction of sp³-hybridized carbons (Fsp3) is 0.429. The highest BCUT2D eigenvalue weighted by Crippen LogP contribution is 2.37. The van der Waals surface area contributed by atoms with E-state index in [0.717, 1.165) is 5.56 Å². The third-order valence-electron chi connectivity index (χ3n) is 2.97. The molecule has 0 atom stereocenters. The third kappa shape index (κ3) is 3.16. The molecule has 19 heavy (non-hydrogen) atoms. The molecule has 0 radical (unpaired) electrons. The van der Waals surface area contributed by atoms with Crippen molar-refractivity contribution in [3.05, 3.63) is 23.3 Å². The van der Waals surface area contributed by atoms with Crippen LogP contribution in [0.2, 0.25) is 0 Å². The molecule has 0 bridgehead atoms. The van der Waals surface area contributed by atoms with Crippen molar-refractivity contribution >= 4 is 5.97 Å². The Bertz CT molecular complexity index is 529. The molecule has 0 aliphatic rings. The average Bonchev–Trinajstić information content (AvgIpc) is 2.35. The summed E-state index contributed by atoms with van der Waals surface area (Å²) in [7, 11) is 2.94. The number of hydrogen-bond donors (Lipinski definition) is 1. The summed E-state index contributed by atoms with van der Waals surface area (Å²) < 4.78 is 10.3. The SMILES string of the molecule is COc1cc(C(C)(C)CC(=O)O)cc(C#N)c1OC. The number of methoxy groups -OCH3 is 2. The number of aliphatic carboxylic acids is 1. The van der Waals surface area contributed by atoms with Crippen molar-refractivity contribution in [2.24, 2.45) is 0 Å². The number of ether oxygens (including phenoxy) is 2. The number of benzene rings is 1. The second kappa shape index (κ2) is 5.61. The van der Waals surface area contributed by atoms with E-state index in [0.29, 0.717) is 17.1 Å². The Kier molecular flexibility index (Phi) is 4.38. The molecule has 0 amide bonds. The molecule has 0 aliphatic heterocycles. The smallest absolute Gasteiger partial charge is 0.304 e. The fourth-order valence-electron chi connectivity index (χ4n) is 1.92. The monoisotopic (exact) mass is 263 g/mol. The van der Waals surface area contributed by atoms with Gasteiger partial charge in [-0.25, -0.2) is 0 Å². The first kappa shape index (κ1) is 14.8. The summed E-state index contributed by atoms with van der Waals surface area (Å²) in [5.41, 5.74) is 0.455. The molecule has 0 aromatic heterocycles. The van der Waals surface area contributed by atoms with Gasteiger partial charge < -0.3 is 14.6 Å². The highest BCUT2D eigenvalue weighted by Gasteiger charge is 2.27. The van der Waals surface area contributed by atoms with Crippen LogP contribution in [0.4, 0.5) is 0 Å². The van der Waals surface area contributed by atoms with E-state index in [1.54, 1.807) is 12.1 Å². The van der Waals surface area contributed by atoms with Gasteiger partial charge in [0.25, 0.3) is 0 Å². The molecular formula is C14H17NO4. The lowest BCUT2D eigenvalue weighted by Crippen LogP contribution is -2.22. The van der Waals surface area contributed by atoms with Crippen LogP contribution in [0.5, 0.6) is 11.5 Å². The topological polar surface area (TPSA) is 79.5 Å². The van der Waals surface area contributed by atoms with Gasteiger partial charge in [-0.15, -0.1) is 0 Å². The second-order valence-corrected chi connectivity index (χ2v) is 4.83. The Morgan fingerprint density at radius 1 is 1.37 bits per heavy atom. The molecule has 1 rings (SSSR count). The molecule has 0 saturated carbocycles. The minimum atomic E-state index is -0.890. The van der Waals surface area contributed by atoms with Crippen LogP contribution < -0.4 is 9.47 Å². The van der Waals surface area contributed by atoms with Crippen LogP contribution in [0.25, 0.3) is 0 Å².